The molecule has 1 saturated carbocycles. The van der Waals surface area contributed by atoms with Crippen molar-refractivity contribution in [3.63, 3.8) is 0 Å². The van der Waals surface area contributed by atoms with E-state index >= 15 is 0 Å². The molecule has 2 amide bonds. The molecule has 1 aromatic rings. The Morgan fingerprint density at radius 2 is 2.09 bits per heavy atom. The van der Waals surface area contributed by atoms with Crippen LogP contribution in [0.3, 0.4) is 0 Å². The summed E-state index contributed by atoms with van der Waals surface area (Å²) in [5.74, 6) is 0.748. The number of carbonyl (C=O) groups excluding carboxylic acids is 2. The third kappa shape index (κ3) is 4.95. The number of amides is 2. The molecule has 0 bridgehead atoms. The highest BCUT2D eigenvalue weighted by Gasteiger charge is 2.55. The fourth-order valence-electron chi connectivity index (χ4n) is 4.44. The summed E-state index contributed by atoms with van der Waals surface area (Å²) in [5, 5.41) is 6.68. The van der Waals surface area contributed by atoms with Crippen LogP contribution in [-0.4, -0.2) is 70.8 Å². The minimum atomic E-state index is -0.540. The maximum absolute atomic E-state index is 14.9. The lowest BCUT2D eigenvalue weighted by atomic mass is 10.2. The number of hydrogen-bond acceptors (Lipinski definition) is 7. The molecule has 1 aliphatic carbocycles. The lowest BCUT2D eigenvalue weighted by Crippen LogP contribution is -2.33. The number of oxime groups is 1. The van der Waals surface area contributed by atoms with Gasteiger partial charge in [-0.15, -0.1) is 0 Å². The first-order valence-corrected chi connectivity index (χ1v) is 10.9. The Kier molecular flexibility index (Phi) is 6.78. The van der Waals surface area contributed by atoms with Gasteiger partial charge in [-0.25, -0.2) is 9.18 Å². The molecule has 4 atom stereocenters. The van der Waals surface area contributed by atoms with Crippen molar-refractivity contribution in [2.24, 2.45) is 22.9 Å². The third-order valence-corrected chi connectivity index (χ3v) is 6.19. The molecular formula is C22H29FN4O5. The minimum Gasteiger partial charge on any atom is -0.442 e. The molecule has 2 aliphatic heterocycles. The molecule has 0 radical (unpaired) electrons. The van der Waals surface area contributed by atoms with E-state index < -0.39 is 12.2 Å². The summed E-state index contributed by atoms with van der Waals surface area (Å²) < 4.78 is 25.1. The number of cyclic esters (lactones) is 1. The normalized spacial score (nSPS) is 26.4. The number of rotatable bonds is 10. The van der Waals surface area contributed by atoms with Crippen molar-refractivity contribution in [2.45, 2.75) is 19.4 Å². The number of nitrogens with zero attached hydrogens (tertiary/aromatic N) is 3. The molecule has 3 aliphatic rings. The highest BCUT2D eigenvalue weighted by molar-refractivity contribution is 5.90. The molecule has 0 aromatic heterocycles. The van der Waals surface area contributed by atoms with E-state index in [1.807, 2.05) is 11.1 Å². The quantitative estimate of drug-likeness (QED) is 0.334. The summed E-state index contributed by atoms with van der Waals surface area (Å²) in [5.41, 5.74) is 0.983. The van der Waals surface area contributed by atoms with Crippen LogP contribution in [0.15, 0.2) is 23.4 Å². The van der Waals surface area contributed by atoms with E-state index in [0.29, 0.717) is 42.3 Å². The van der Waals surface area contributed by atoms with Gasteiger partial charge in [0.25, 0.3) is 0 Å². The average Bonchev–Trinajstić information content (AvgIpc) is 3.08. The van der Waals surface area contributed by atoms with Gasteiger partial charge in [0.15, 0.2) is 0 Å². The molecule has 3 fully saturated rings. The Labute approximate surface area is 186 Å². The maximum Gasteiger partial charge on any atom is 0.414 e. The SMILES string of the molecule is COCCCO/N=C/C1[C@H]2CN(c3ccc(N4C[C@H](CNC(C)=O)OC4=O)cc3F)C[C@@H]12. The maximum atomic E-state index is 14.9. The van der Waals surface area contributed by atoms with E-state index in [1.165, 1.54) is 17.9 Å². The fourth-order valence-corrected chi connectivity index (χ4v) is 4.44. The number of halogens is 1. The van der Waals surface area contributed by atoms with Gasteiger partial charge in [-0.3, -0.25) is 9.69 Å². The number of methoxy groups -OCH3 is 1. The smallest absolute Gasteiger partial charge is 0.414 e. The Balaban J connectivity index is 1.28. The zero-order valence-corrected chi connectivity index (χ0v) is 18.3. The second-order valence-electron chi connectivity index (χ2n) is 8.43. The van der Waals surface area contributed by atoms with Crippen molar-refractivity contribution in [1.82, 2.24) is 5.32 Å². The number of hydrogen-bond donors (Lipinski definition) is 1. The van der Waals surface area contributed by atoms with Crippen LogP contribution in [0.1, 0.15) is 13.3 Å². The van der Waals surface area contributed by atoms with E-state index in [9.17, 15) is 14.0 Å². The molecule has 1 N–H and O–H groups in total. The molecule has 1 unspecified atom stereocenters. The van der Waals surface area contributed by atoms with Crippen LogP contribution in [-0.2, 0) is 19.1 Å². The second kappa shape index (κ2) is 9.72. The molecule has 2 saturated heterocycles. The number of anilines is 2. The summed E-state index contributed by atoms with van der Waals surface area (Å²) in [6, 6.07) is 4.82. The topological polar surface area (TPSA) is 92.7 Å². The first kappa shape index (κ1) is 22.3. The summed E-state index contributed by atoms with van der Waals surface area (Å²) in [7, 11) is 1.66. The molecule has 1 aromatic carbocycles. The molecule has 9 nitrogen and oxygen atoms in total. The van der Waals surface area contributed by atoms with Crippen LogP contribution < -0.4 is 15.1 Å². The van der Waals surface area contributed by atoms with Crippen molar-refractivity contribution in [2.75, 3.05) is 56.3 Å². The highest BCUT2D eigenvalue weighted by atomic mass is 19.1. The predicted molar refractivity (Wildman–Crippen MR) is 116 cm³/mol. The molecule has 32 heavy (non-hydrogen) atoms. The van der Waals surface area contributed by atoms with Crippen molar-refractivity contribution >= 4 is 29.6 Å². The first-order chi connectivity index (χ1) is 15.5. The Morgan fingerprint density at radius 1 is 1.31 bits per heavy atom. The number of piperidine rings is 1. The van der Waals surface area contributed by atoms with Crippen molar-refractivity contribution in [1.29, 1.82) is 0 Å². The van der Waals surface area contributed by atoms with E-state index in [2.05, 4.69) is 10.5 Å². The lowest BCUT2D eigenvalue weighted by Gasteiger charge is -2.23. The molecule has 10 heteroatoms. The van der Waals surface area contributed by atoms with Gasteiger partial charge in [0.05, 0.1) is 24.5 Å². The number of benzene rings is 1. The van der Waals surface area contributed by atoms with Crippen LogP contribution in [0, 0.1) is 23.6 Å². The first-order valence-electron chi connectivity index (χ1n) is 10.9. The Morgan fingerprint density at radius 3 is 2.78 bits per heavy atom. The van der Waals surface area contributed by atoms with Crippen molar-refractivity contribution in [3.05, 3.63) is 24.0 Å². The average molecular weight is 448 g/mol. The van der Waals surface area contributed by atoms with Crippen LogP contribution >= 0.6 is 0 Å². The van der Waals surface area contributed by atoms with Crippen LogP contribution in [0.4, 0.5) is 20.6 Å². The molecule has 2 heterocycles. The number of carbonyl (C=O) groups is 2. The molecule has 0 spiro atoms. The van der Waals surface area contributed by atoms with Crippen molar-refractivity contribution < 1.29 is 28.3 Å². The lowest BCUT2D eigenvalue weighted by molar-refractivity contribution is -0.119. The Hall–Kier alpha value is -2.88. The number of nitrogens with one attached hydrogen (secondary N) is 1. The van der Waals surface area contributed by atoms with Crippen molar-refractivity contribution in [3.8, 4) is 0 Å². The summed E-state index contributed by atoms with van der Waals surface area (Å²) in [6.45, 7) is 4.63. The van der Waals surface area contributed by atoms with Gasteiger partial charge in [0.2, 0.25) is 5.91 Å². The standard InChI is InChI=1S/C22H29FN4O5/c1-14(28)24-9-16-11-27(22(29)32-16)15-4-5-21(20(23)8-15)26-12-18-17(19(18)13-26)10-25-31-7-3-6-30-2/h4-5,8,10,16-19H,3,6-7,9,11-13H2,1-2H3,(H,24,28)/b25-10+/t16-,17?,18-,19+/m0/s1. The van der Waals surface area contributed by atoms with E-state index in [4.69, 9.17) is 14.3 Å². The minimum absolute atomic E-state index is 0.193. The monoisotopic (exact) mass is 448 g/mol. The second-order valence-corrected chi connectivity index (χ2v) is 8.43. The van der Waals surface area contributed by atoms with Gasteiger partial charge >= 0.3 is 6.09 Å². The summed E-state index contributed by atoms with van der Waals surface area (Å²) >= 11 is 0. The van der Waals surface area contributed by atoms with Gasteiger partial charge in [-0.1, -0.05) is 5.16 Å². The molecular weight excluding hydrogens is 419 g/mol. The van der Waals surface area contributed by atoms with Gasteiger partial charge in [0.1, 0.15) is 18.5 Å². The van der Waals surface area contributed by atoms with Gasteiger partial charge < -0.3 is 24.5 Å². The number of fused-ring (bicyclic) bond motifs is 1. The van der Waals surface area contributed by atoms with Crippen LogP contribution in [0.5, 0.6) is 0 Å². The van der Waals surface area contributed by atoms with Gasteiger partial charge in [-0.2, -0.15) is 0 Å². The van der Waals surface area contributed by atoms with Crippen LogP contribution in [0.2, 0.25) is 0 Å². The van der Waals surface area contributed by atoms with E-state index in [-0.39, 0.29) is 24.8 Å². The molecule has 174 valence electrons. The third-order valence-electron chi connectivity index (χ3n) is 6.19. The Bertz CT molecular complexity index is 870. The zero-order valence-electron chi connectivity index (χ0n) is 18.3. The van der Waals surface area contributed by atoms with Gasteiger partial charge in [0, 0.05) is 52.3 Å². The van der Waals surface area contributed by atoms with Crippen LogP contribution in [0.25, 0.3) is 0 Å². The highest BCUT2D eigenvalue weighted by Crippen LogP contribution is 2.51. The summed E-state index contributed by atoms with van der Waals surface area (Å²) in [4.78, 5) is 31.9. The molecule has 4 rings (SSSR count). The zero-order chi connectivity index (χ0) is 22.7. The fraction of sp³-hybridized carbons (Fsp3) is 0.591. The summed E-state index contributed by atoms with van der Waals surface area (Å²) in [6.07, 6.45) is 1.68. The number of ether oxygens (including phenoxy) is 2. The van der Waals surface area contributed by atoms with E-state index in [1.54, 1.807) is 19.2 Å². The largest absolute Gasteiger partial charge is 0.442 e. The predicted octanol–water partition coefficient (Wildman–Crippen LogP) is 2.01. The van der Waals surface area contributed by atoms with Gasteiger partial charge in [-0.05, 0) is 30.0 Å². The van der Waals surface area contributed by atoms with E-state index in [0.717, 1.165) is 19.5 Å².